The van der Waals surface area contributed by atoms with Gasteiger partial charge in [0.1, 0.15) is 6.26 Å². The molecule has 3 N–H and O–H groups in total. The zero-order valence-electron chi connectivity index (χ0n) is 10.8. The Hall–Kier alpha value is -1.81. The lowest BCUT2D eigenvalue weighted by Gasteiger charge is -2.06. The fourth-order valence-corrected chi connectivity index (χ4v) is 1.70. The van der Waals surface area contributed by atoms with Crippen LogP contribution in [-0.2, 0) is 6.42 Å². The number of nitrogens with zero attached hydrogens (tertiary/aromatic N) is 1. The Morgan fingerprint density at radius 2 is 2.00 bits per heavy atom. The second-order valence-corrected chi connectivity index (χ2v) is 4.58. The van der Waals surface area contributed by atoms with Crippen LogP contribution in [0.1, 0.15) is 31.0 Å². The molecule has 4 heteroatoms. The fraction of sp³-hybridized carbons (Fsp3) is 0.357. The summed E-state index contributed by atoms with van der Waals surface area (Å²) < 4.78 is 5.32. The maximum Gasteiger partial charge on any atom is 0.299 e. The molecule has 0 aliphatic heterocycles. The van der Waals surface area contributed by atoms with Crippen molar-refractivity contribution >= 4 is 11.7 Å². The van der Waals surface area contributed by atoms with Crippen LogP contribution in [0.15, 0.2) is 34.9 Å². The van der Waals surface area contributed by atoms with Gasteiger partial charge in [0.2, 0.25) is 0 Å². The first-order valence-corrected chi connectivity index (χ1v) is 6.20. The number of oxazole rings is 1. The van der Waals surface area contributed by atoms with Gasteiger partial charge in [-0.25, -0.2) is 0 Å². The SMILES string of the molecule is CC(C)c1ccc(Nc2nc(CCN)co2)cc1. The quantitative estimate of drug-likeness (QED) is 0.849. The monoisotopic (exact) mass is 245 g/mol. The highest BCUT2D eigenvalue weighted by Crippen LogP contribution is 2.20. The molecular formula is C14H19N3O. The van der Waals surface area contributed by atoms with Crippen LogP contribution in [0.5, 0.6) is 0 Å². The van der Waals surface area contributed by atoms with Crippen LogP contribution in [0.4, 0.5) is 11.7 Å². The number of anilines is 2. The van der Waals surface area contributed by atoms with E-state index in [2.05, 4.69) is 36.3 Å². The molecule has 0 radical (unpaired) electrons. The summed E-state index contributed by atoms with van der Waals surface area (Å²) in [6.07, 6.45) is 2.37. The Morgan fingerprint density at radius 1 is 1.28 bits per heavy atom. The van der Waals surface area contributed by atoms with Gasteiger partial charge in [0, 0.05) is 12.1 Å². The summed E-state index contributed by atoms with van der Waals surface area (Å²) in [5, 5.41) is 3.13. The van der Waals surface area contributed by atoms with Crippen LogP contribution in [0, 0.1) is 0 Å². The lowest BCUT2D eigenvalue weighted by atomic mass is 10.0. The van der Waals surface area contributed by atoms with E-state index in [9.17, 15) is 0 Å². The largest absolute Gasteiger partial charge is 0.432 e. The third-order valence-corrected chi connectivity index (χ3v) is 2.78. The predicted octanol–water partition coefficient (Wildman–Crippen LogP) is 3.04. The molecule has 2 rings (SSSR count). The van der Waals surface area contributed by atoms with E-state index < -0.39 is 0 Å². The van der Waals surface area contributed by atoms with Gasteiger partial charge in [-0.2, -0.15) is 4.98 Å². The highest BCUT2D eigenvalue weighted by atomic mass is 16.4. The van der Waals surface area contributed by atoms with Crippen LogP contribution in [0.3, 0.4) is 0 Å². The van der Waals surface area contributed by atoms with Crippen LogP contribution >= 0.6 is 0 Å². The van der Waals surface area contributed by atoms with Crippen molar-refractivity contribution < 1.29 is 4.42 Å². The van der Waals surface area contributed by atoms with E-state index >= 15 is 0 Å². The molecule has 0 aliphatic carbocycles. The molecule has 18 heavy (non-hydrogen) atoms. The van der Waals surface area contributed by atoms with E-state index in [1.165, 1.54) is 5.56 Å². The van der Waals surface area contributed by atoms with E-state index in [0.29, 0.717) is 18.5 Å². The van der Waals surface area contributed by atoms with E-state index in [4.69, 9.17) is 10.2 Å². The normalized spacial score (nSPS) is 10.9. The average molecular weight is 245 g/mol. The Morgan fingerprint density at radius 3 is 2.61 bits per heavy atom. The van der Waals surface area contributed by atoms with Gasteiger partial charge in [0.25, 0.3) is 6.01 Å². The van der Waals surface area contributed by atoms with Crippen molar-refractivity contribution in [3.8, 4) is 0 Å². The van der Waals surface area contributed by atoms with Crippen molar-refractivity contribution in [2.24, 2.45) is 5.73 Å². The number of nitrogens with one attached hydrogen (secondary N) is 1. The molecule has 0 saturated carbocycles. The molecule has 4 nitrogen and oxygen atoms in total. The van der Waals surface area contributed by atoms with E-state index in [1.54, 1.807) is 6.26 Å². The summed E-state index contributed by atoms with van der Waals surface area (Å²) >= 11 is 0. The van der Waals surface area contributed by atoms with E-state index in [0.717, 1.165) is 17.8 Å². The summed E-state index contributed by atoms with van der Waals surface area (Å²) in [6, 6.07) is 8.79. The van der Waals surface area contributed by atoms with Gasteiger partial charge in [-0.05, 0) is 30.2 Å². The van der Waals surface area contributed by atoms with Gasteiger partial charge in [-0.15, -0.1) is 0 Å². The van der Waals surface area contributed by atoms with Crippen molar-refractivity contribution in [3.05, 3.63) is 41.8 Å². The zero-order chi connectivity index (χ0) is 13.0. The van der Waals surface area contributed by atoms with Crippen molar-refractivity contribution in [3.63, 3.8) is 0 Å². The summed E-state index contributed by atoms with van der Waals surface area (Å²) in [5.41, 5.74) is 8.63. The number of rotatable bonds is 5. The highest BCUT2D eigenvalue weighted by molar-refractivity contribution is 5.52. The minimum absolute atomic E-state index is 0.510. The molecule has 0 spiro atoms. The molecule has 0 fully saturated rings. The topological polar surface area (TPSA) is 64.1 Å². The Labute approximate surface area is 107 Å². The fourth-order valence-electron chi connectivity index (χ4n) is 1.70. The summed E-state index contributed by atoms with van der Waals surface area (Å²) in [4.78, 5) is 4.30. The molecule has 0 atom stereocenters. The summed E-state index contributed by atoms with van der Waals surface area (Å²) in [6.45, 7) is 4.93. The van der Waals surface area contributed by atoms with Gasteiger partial charge in [0.15, 0.2) is 0 Å². The first-order chi connectivity index (χ1) is 8.69. The predicted molar refractivity (Wildman–Crippen MR) is 73.1 cm³/mol. The first kappa shape index (κ1) is 12.6. The first-order valence-electron chi connectivity index (χ1n) is 6.20. The molecule has 0 unspecified atom stereocenters. The number of aromatic nitrogens is 1. The zero-order valence-corrected chi connectivity index (χ0v) is 10.8. The Balaban J connectivity index is 2.03. The number of benzene rings is 1. The molecule has 1 aromatic carbocycles. The van der Waals surface area contributed by atoms with Crippen LogP contribution in [0.25, 0.3) is 0 Å². The third kappa shape index (κ3) is 3.11. The number of hydrogen-bond donors (Lipinski definition) is 2. The van der Waals surface area contributed by atoms with Crippen LogP contribution < -0.4 is 11.1 Å². The second kappa shape index (κ2) is 5.69. The molecule has 1 aromatic heterocycles. The molecule has 0 saturated heterocycles. The maximum atomic E-state index is 5.47. The smallest absolute Gasteiger partial charge is 0.299 e. The third-order valence-electron chi connectivity index (χ3n) is 2.78. The minimum Gasteiger partial charge on any atom is -0.432 e. The molecule has 0 bridgehead atoms. The van der Waals surface area contributed by atoms with Gasteiger partial charge >= 0.3 is 0 Å². The molecule has 0 aliphatic rings. The average Bonchev–Trinajstić information content (AvgIpc) is 2.78. The van der Waals surface area contributed by atoms with Crippen molar-refractivity contribution in [2.75, 3.05) is 11.9 Å². The second-order valence-electron chi connectivity index (χ2n) is 4.58. The number of hydrogen-bond acceptors (Lipinski definition) is 4. The lowest BCUT2D eigenvalue weighted by molar-refractivity contribution is 0.575. The standard InChI is InChI=1S/C14H19N3O/c1-10(2)11-3-5-12(6-4-11)16-14-17-13(7-8-15)9-18-14/h3-6,9-10H,7-8,15H2,1-2H3,(H,16,17). The van der Waals surface area contributed by atoms with Crippen molar-refractivity contribution in [2.45, 2.75) is 26.2 Å². The van der Waals surface area contributed by atoms with Gasteiger partial charge in [-0.1, -0.05) is 26.0 Å². The molecule has 1 heterocycles. The van der Waals surface area contributed by atoms with Crippen molar-refractivity contribution in [1.29, 1.82) is 0 Å². The lowest BCUT2D eigenvalue weighted by Crippen LogP contribution is -2.02. The van der Waals surface area contributed by atoms with E-state index in [-0.39, 0.29) is 0 Å². The van der Waals surface area contributed by atoms with Gasteiger partial charge in [-0.3, -0.25) is 0 Å². The van der Waals surface area contributed by atoms with Gasteiger partial charge in [0.05, 0.1) is 5.69 Å². The highest BCUT2D eigenvalue weighted by Gasteiger charge is 2.04. The minimum atomic E-state index is 0.510. The molecule has 2 aromatic rings. The molecular weight excluding hydrogens is 226 g/mol. The number of nitrogens with two attached hydrogens (primary N) is 1. The van der Waals surface area contributed by atoms with Gasteiger partial charge < -0.3 is 15.5 Å². The summed E-state index contributed by atoms with van der Waals surface area (Å²) in [7, 11) is 0. The van der Waals surface area contributed by atoms with Crippen LogP contribution in [0.2, 0.25) is 0 Å². The Bertz CT molecular complexity index is 488. The Kier molecular flexibility index (Phi) is 3.99. The molecule has 96 valence electrons. The van der Waals surface area contributed by atoms with Crippen molar-refractivity contribution in [1.82, 2.24) is 4.98 Å². The summed E-state index contributed by atoms with van der Waals surface area (Å²) in [5.74, 6) is 0.539. The van der Waals surface area contributed by atoms with E-state index in [1.807, 2.05) is 12.1 Å². The maximum absolute atomic E-state index is 5.47. The molecule has 0 amide bonds. The van der Waals surface area contributed by atoms with Crippen LogP contribution in [-0.4, -0.2) is 11.5 Å².